The van der Waals surface area contributed by atoms with Gasteiger partial charge in [0.15, 0.2) is 0 Å². The number of ether oxygens (including phenoxy) is 1. The fourth-order valence-corrected chi connectivity index (χ4v) is 1.87. The third-order valence-corrected chi connectivity index (χ3v) is 3.33. The first-order valence-corrected chi connectivity index (χ1v) is 6.48. The Morgan fingerprint density at radius 1 is 1.30 bits per heavy atom. The van der Waals surface area contributed by atoms with Crippen molar-refractivity contribution in [2.45, 2.75) is 20.0 Å². The van der Waals surface area contributed by atoms with Gasteiger partial charge < -0.3 is 15.8 Å². The zero-order chi connectivity index (χ0) is 15.3. The second-order valence-corrected chi connectivity index (χ2v) is 5.03. The van der Waals surface area contributed by atoms with Crippen LogP contribution in [0.4, 0.5) is 18.9 Å². The molecule has 3 N–H and O–H groups in total. The Morgan fingerprint density at radius 3 is 2.40 bits per heavy atom. The minimum absolute atomic E-state index is 0.0531. The molecule has 0 saturated heterocycles. The maximum Gasteiger partial charge on any atom is 0.418 e. The first-order chi connectivity index (χ1) is 9.29. The monoisotopic (exact) mass is 290 g/mol. The summed E-state index contributed by atoms with van der Waals surface area (Å²) in [6, 6.07) is 3.88. The molecule has 20 heavy (non-hydrogen) atoms. The van der Waals surface area contributed by atoms with Gasteiger partial charge in [-0.3, -0.25) is 0 Å². The highest BCUT2D eigenvalue weighted by molar-refractivity contribution is 5.55. The second-order valence-electron chi connectivity index (χ2n) is 5.03. The Bertz CT molecular complexity index is 433. The number of nitrogens with two attached hydrogens (primary N) is 1. The van der Waals surface area contributed by atoms with Crippen molar-refractivity contribution in [2.24, 2.45) is 17.6 Å². The maximum atomic E-state index is 13.0. The summed E-state index contributed by atoms with van der Waals surface area (Å²) >= 11 is 0. The Balaban J connectivity index is 2.94. The van der Waals surface area contributed by atoms with E-state index in [0.717, 1.165) is 6.07 Å². The molecule has 0 spiro atoms. The molecule has 3 nitrogen and oxygen atoms in total. The summed E-state index contributed by atoms with van der Waals surface area (Å²) in [6.07, 6.45) is -4.42. The van der Waals surface area contributed by atoms with Gasteiger partial charge in [0.25, 0.3) is 0 Å². The third kappa shape index (κ3) is 4.30. The van der Waals surface area contributed by atoms with Gasteiger partial charge in [0.05, 0.1) is 12.7 Å². The predicted molar refractivity (Wildman–Crippen MR) is 73.9 cm³/mol. The van der Waals surface area contributed by atoms with E-state index in [4.69, 9.17) is 10.5 Å². The molecule has 0 aliphatic carbocycles. The van der Waals surface area contributed by atoms with Crippen LogP contribution >= 0.6 is 0 Å². The van der Waals surface area contributed by atoms with E-state index in [1.807, 2.05) is 13.8 Å². The standard InChI is InChI=1S/C14H21F3N2O/c1-9(2)10(7-18)8-19-13-5-4-11(20-3)6-12(13)14(15,16)17/h4-6,9-10,19H,7-8,18H2,1-3H3. The zero-order valence-electron chi connectivity index (χ0n) is 11.9. The predicted octanol–water partition coefficient (Wildman–Crippen LogP) is 3.36. The number of benzene rings is 1. The summed E-state index contributed by atoms with van der Waals surface area (Å²) in [4.78, 5) is 0. The van der Waals surface area contributed by atoms with Crippen molar-refractivity contribution in [2.75, 3.05) is 25.5 Å². The van der Waals surface area contributed by atoms with Crippen LogP contribution in [0.5, 0.6) is 5.75 Å². The molecule has 0 heterocycles. The van der Waals surface area contributed by atoms with Crippen molar-refractivity contribution < 1.29 is 17.9 Å². The lowest BCUT2D eigenvalue weighted by Gasteiger charge is -2.22. The molecule has 114 valence electrons. The third-order valence-electron chi connectivity index (χ3n) is 3.33. The van der Waals surface area contributed by atoms with E-state index in [0.29, 0.717) is 19.0 Å². The van der Waals surface area contributed by atoms with Crippen LogP contribution in [0.3, 0.4) is 0 Å². The fraction of sp³-hybridized carbons (Fsp3) is 0.571. The average molecular weight is 290 g/mol. The highest BCUT2D eigenvalue weighted by atomic mass is 19.4. The SMILES string of the molecule is COc1ccc(NCC(CN)C(C)C)c(C(F)(F)F)c1. The van der Waals surface area contributed by atoms with Gasteiger partial charge in [-0.2, -0.15) is 13.2 Å². The molecule has 0 aromatic heterocycles. The molecule has 1 aromatic rings. The summed E-state index contributed by atoms with van der Waals surface area (Å²) in [5.41, 5.74) is 4.95. The number of hydrogen-bond acceptors (Lipinski definition) is 3. The number of nitrogens with one attached hydrogen (secondary N) is 1. The molecule has 1 rings (SSSR count). The minimum Gasteiger partial charge on any atom is -0.497 e. The lowest BCUT2D eigenvalue weighted by molar-refractivity contribution is -0.137. The Kier molecular flexibility index (Phi) is 5.68. The van der Waals surface area contributed by atoms with Crippen LogP contribution in [0.25, 0.3) is 0 Å². The molecule has 0 fully saturated rings. The van der Waals surface area contributed by atoms with E-state index in [9.17, 15) is 13.2 Å². The van der Waals surface area contributed by atoms with Crippen LogP contribution in [0.1, 0.15) is 19.4 Å². The van der Waals surface area contributed by atoms with Crippen LogP contribution in [0.15, 0.2) is 18.2 Å². The van der Waals surface area contributed by atoms with Gasteiger partial charge in [0.2, 0.25) is 0 Å². The van der Waals surface area contributed by atoms with Gasteiger partial charge in [-0.15, -0.1) is 0 Å². The van der Waals surface area contributed by atoms with Gasteiger partial charge >= 0.3 is 6.18 Å². The summed E-state index contributed by atoms with van der Waals surface area (Å²) in [5.74, 6) is 0.611. The molecule has 0 amide bonds. The number of rotatable bonds is 6. The van der Waals surface area contributed by atoms with Crippen molar-refractivity contribution >= 4 is 5.69 Å². The second kappa shape index (κ2) is 6.83. The highest BCUT2D eigenvalue weighted by Crippen LogP contribution is 2.37. The van der Waals surface area contributed by atoms with Crippen molar-refractivity contribution in [1.82, 2.24) is 0 Å². The highest BCUT2D eigenvalue weighted by Gasteiger charge is 2.34. The molecule has 0 aliphatic rings. The van der Waals surface area contributed by atoms with Crippen LogP contribution in [-0.4, -0.2) is 20.2 Å². The molecule has 1 unspecified atom stereocenters. The molecule has 0 aliphatic heterocycles. The number of anilines is 1. The number of alkyl halides is 3. The van der Waals surface area contributed by atoms with Gasteiger partial charge in [-0.05, 0) is 36.6 Å². The summed E-state index contributed by atoms with van der Waals surface area (Å²) in [7, 11) is 1.34. The molecule has 0 bridgehead atoms. The van der Waals surface area contributed by atoms with Crippen LogP contribution < -0.4 is 15.8 Å². The molecule has 0 radical (unpaired) electrons. The van der Waals surface area contributed by atoms with E-state index in [2.05, 4.69) is 5.32 Å². The van der Waals surface area contributed by atoms with Crippen molar-refractivity contribution in [3.63, 3.8) is 0 Å². The van der Waals surface area contributed by atoms with Gasteiger partial charge in [0.1, 0.15) is 5.75 Å². The molecular weight excluding hydrogens is 269 g/mol. The van der Waals surface area contributed by atoms with Gasteiger partial charge in [0, 0.05) is 12.2 Å². The Morgan fingerprint density at radius 2 is 1.95 bits per heavy atom. The first kappa shape index (κ1) is 16.6. The van der Waals surface area contributed by atoms with Crippen LogP contribution in [0, 0.1) is 11.8 Å². The Hall–Kier alpha value is -1.43. The van der Waals surface area contributed by atoms with Crippen LogP contribution in [-0.2, 0) is 6.18 Å². The minimum atomic E-state index is -4.42. The maximum absolute atomic E-state index is 13.0. The van der Waals surface area contributed by atoms with Crippen LogP contribution in [0.2, 0.25) is 0 Å². The number of halogens is 3. The fourth-order valence-electron chi connectivity index (χ4n) is 1.87. The average Bonchev–Trinajstić information content (AvgIpc) is 2.38. The lowest BCUT2D eigenvalue weighted by atomic mass is 9.96. The lowest BCUT2D eigenvalue weighted by Crippen LogP contribution is -2.28. The van der Waals surface area contributed by atoms with Gasteiger partial charge in [-0.1, -0.05) is 13.8 Å². The largest absolute Gasteiger partial charge is 0.497 e. The summed E-state index contributed by atoms with van der Waals surface area (Å²) < 4.78 is 43.9. The molecule has 6 heteroatoms. The topological polar surface area (TPSA) is 47.3 Å². The molecular formula is C14H21F3N2O. The van der Waals surface area contributed by atoms with Crippen molar-refractivity contribution in [3.8, 4) is 5.75 Å². The molecule has 1 aromatic carbocycles. The number of hydrogen-bond donors (Lipinski definition) is 2. The molecule has 1 atom stereocenters. The smallest absolute Gasteiger partial charge is 0.418 e. The van der Waals surface area contributed by atoms with E-state index >= 15 is 0 Å². The van der Waals surface area contributed by atoms with E-state index in [1.165, 1.54) is 19.2 Å². The Labute approximate surface area is 117 Å². The van der Waals surface area contributed by atoms with E-state index in [1.54, 1.807) is 0 Å². The number of methoxy groups -OCH3 is 1. The summed E-state index contributed by atoms with van der Waals surface area (Å²) in [6.45, 7) is 4.83. The van der Waals surface area contributed by atoms with E-state index in [-0.39, 0.29) is 17.4 Å². The normalized spacial score (nSPS) is 13.4. The summed E-state index contributed by atoms with van der Waals surface area (Å²) in [5, 5.41) is 2.85. The van der Waals surface area contributed by atoms with Crippen molar-refractivity contribution in [3.05, 3.63) is 23.8 Å². The first-order valence-electron chi connectivity index (χ1n) is 6.48. The van der Waals surface area contributed by atoms with E-state index < -0.39 is 11.7 Å². The quantitative estimate of drug-likeness (QED) is 0.844. The zero-order valence-corrected chi connectivity index (χ0v) is 11.9. The van der Waals surface area contributed by atoms with Crippen molar-refractivity contribution in [1.29, 1.82) is 0 Å². The van der Waals surface area contributed by atoms with Gasteiger partial charge in [-0.25, -0.2) is 0 Å². The molecule has 0 saturated carbocycles.